The van der Waals surface area contributed by atoms with Gasteiger partial charge in [0.15, 0.2) is 5.11 Å². The average Bonchev–Trinajstić information content (AvgIpc) is 2.72. The SMILES string of the molecule is Cc1cccc(C)c1NC(=S)NC(=O)c1cccc(OCCc2ccccc2)c1. The molecule has 148 valence electrons. The Morgan fingerprint density at radius 1 is 0.931 bits per heavy atom. The molecule has 0 aliphatic rings. The summed E-state index contributed by atoms with van der Waals surface area (Å²) in [5, 5.41) is 6.12. The zero-order valence-corrected chi connectivity index (χ0v) is 17.4. The predicted molar refractivity (Wildman–Crippen MR) is 122 cm³/mol. The van der Waals surface area contributed by atoms with E-state index in [1.165, 1.54) is 5.56 Å². The largest absolute Gasteiger partial charge is 0.493 e. The van der Waals surface area contributed by atoms with Crippen LogP contribution in [0.4, 0.5) is 5.69 Å². The van der Waals surface area contributed by atoms with Crippen molar-refractivity contribution in [2.75, 3.05) is 11.9 Å². The number of nitrogens with one attached hydrogen (secondary N) is 2. The van der Waals surface area contributed by atoms with Crippen molar-refractivity contribution >= 4 is 28.9 Å². The van der Waals surface area contributed by atoms with E-state index >= 15 is 0 Å². The molecule has 4 nitrogen and oxygen atoms in total. The van der Waals surface area contributed by atoms with Gasteiger partial charge in [0, 0.05) is 17.7 Å². The van der Waals surface area contributed by atoms with Gasteiger partial charge in [0.2, 0.25) is 0 Å². The van der Waals surface area contributed by atoms with Crippen LogP contribution in [0.3, 0.4) is 0 Å². The molecule has 0 aliphatic carbocycles. The van der Waals surface area contributed by atoms with E-state index < -0.39 is 0 Å². The lowest BCUT2D eigenvalue weighted by molar-refractivity contribution is 0.0977. The van der Waals surface area contributed by atoms with Crippen molar-refractivity contribution in [2.45, 2.75) is 20.3 Å². The maximum absolute atomic E-state index is 12.6. The summed E-state index contributed by atoms with van der Waals surface area (Å²) >= 11 is 5.31. The highest BCUT2D eigenvalue weighted by atomic mass is 32.1. The van der Waals surface area contributed by atoms with Crippen LogP contribution in [-0.2, 0) is 6.42 Å². The molecule has 0 saturated heterocycles. The van der Waals surface area contributed by atoms with Gasteiger partial charge in [-0.2, -0.15) is 0 Å². The molecule has 0 atom stereocenters. The van der Waals surface area contributed by atoms with Crippen LogP contribution < -0.4 is 15.4 Å². The molecule has 0 radical (unpaired) electrons. The number of aryl methyl sites for hydroxylation is 2. The second kappa shape index (κ2) is 9.85. The first-order valence-electron chi connectivity index (χ1n) is 9.48. The fraction of sp³-hybridized carbons (Fsp3) is 0.167. The zero-order chi connectivity index (χ0) is 20.6. The Balaban J connectivity index is 1.56. The van der Waals surface area contributed by atoms with E-state index in [0.717, 1.165) is 23.2 Å². The van der Waals surface area contributed by atoms with Gasteiger partial charge in [-0.3, -0.25) is 10.1 Å². The number of rotatable bonds is 6. The molecule has 0 aliphatic heterocycles. The molecule has 3 aromatic carbocycles. The van der Waals surface area contributed by atoms with Crippen LogP contribution in [0, 0.1) is 13.8 Å². The molecule has 0 heterocycles. The first-order chi connectivity index (χ1) is 14.0. The average molecular weight is 405 g/mol. The maximum Gasteiger partial charge on any atom is 0.257 e. The Labute approximate surface area is 176 Å². The van der Waals surface area contributed by atoms with Crippen LogP contribution in [-0.4, -0.2) is 17.6 Å². The minimum Gasteiger partial charge on any atom is -0.493 e. The second-order valence-electron chi connectivity index (χ2n) is 6.79. The second-order valence-corrected chi connectivity index (χ2v) is 7.20. The monoisotopic (exact) mass is 404 g/mol. The lowest BCUT2D eigenvalue weighted by atomic mass is 10.1. The summed E-state index contributed by atoms with van der Waals surface area (Å²) in [5.74, 6) is 0.379. The van der Waals surface area contributed by atoms with Crippen LogP contribution >= 0.6 is 12.2 Å². The topological polar surface area (TPSA) is 50.4 Å². The summed E-state index contributed by atoms with van der Waals surface area (Å²) in [7, 11) is 0. The highest BCUT2D eigenvalue weighted by Gasteiger charge is 2.11. The van der Waals surface area contributed by atoms with E-state index in [1.807, 2.05) is 56.3 Å². The molecule has 29 heavy (non-hydrogen) atoms. The molecule has 2 N–H and O–H groups in total. The smallest absolute Gasteiger partial charge is 0.257 e. The molecule has 0 fully saturated rings. The summed E-state index contributed by atoms with van der Waals surface area (Å²) in [6, 6.07) is 23.2. The normalized spacial score (nSPS) is 10.3. The van der Waals surface area contributed by atoms with Gasteiger partial charge in [0.25, 0.3) is 5.91 Å². The van der Waals surface area contributed by atoms with E-state index in [0.29, 0.717) is 17.9 Å². The highest BCUT2D eigenvalue weighted by molar-refractivity contribution is 7.80. The molecule has 0 aromatic heterocycles. The van der Waals surface area contributed by atoms with E-state index in [-0.39, 0.29) is 11.0 Å². The maximum atomic E-state index is 12.6. The molecule has 3 aromatic rings. The van der Waals surface area contributed by atoms with Gasteiger partial charge < -0.3 is 10.1 Å². The van der Waals surface area contributed by atoms with Crippen molar-refractivity contribution in [1.82, 2.24) is 5.32 Å². The van der Waals surface area contributed by atoms with E-state index in [1.54, 1.807) is 18.2 Å². The first-order valence-corrected chi connectivity index (χ1v) is 9.89. The summed E-state index contributed by atoms with van der Waals surface area (Å²) in [6.07, 6.45) is 0.807. The number of thiocarbonyl (C=S) groups is 1. The zero-order valence-electron chi connectivity index (χ0n) is 16.6. The summed E-state index contributed by atoms with van der Waals surface area (Å²) in [4.78, 5) is 12.6. The number of hydrogen-bond acceptors (Lipinski definition) is 3. The van der Waals surface area contributed by atoms with Crippen molar-refractivity contribution in [1.29, 1.82) is 0 Å². The van der Waals surface area contributed by atoms with E-state index in [9.17, 15) is 4.79 Å². The quantitative estimate of drug-likeness (QED) is 0.565. The van der Waals surface area contributed by atoms with E-state index in [2.05, 4.69) is 22.8 Å². The lowest BCUT2D eigenvalue weighted by Gasteiger charge is -2.14. The van der Waals surface area contributed by atoms with Crippen LogP contribution in [0.15, 0.2) is 72.8 Å². The van der Waals surface area contributed by atoms with Crippen molar-refractivity contribution in [3.63, 3.8) is 0 Å². The Bertz CT molecular complexity index is 983. The first kappa shape index (κ1) is 20.6. The third-order valence-corrected chi connectivity index (χ3v) is 4.75. The van der Waals surface area contributed by atoms with Gasteiger partial charge in [-0.25, -0.2) is 0 Å². The van der Waals surface area contributed by atoms with Gasteiger partial charge in [0.05, 0.1) is 6.61 Å². The van der Waals surface area contributed by atoms with Crippen molar-refractivity contribution in [3.8, 4) is 5.75 Å². The van der Waals surface area contributed by atoms with Crippen LogP contribution in [0.5, 0.6) is 5.75 Å². The van der Waals surface area contributed by atoms with Gasteiger partial charge >= 0.3 is 0 Å². The summed E-state index contributed by atoms with van der Waals surface area (Å²) in [5.41, 5.74) is 4.75. The molecule has 1 amide bonds. The molecular formula is C24H24N2O2S. The Morgan fingerprint density at radius 3 is 2.34 bits per heavy atom. The standard InChI is InChI=1S/C24H24N2O2S/c1-17-8-6-9-18(2)22(17)25-24(29)26-23(27)20-12-7-13-21(16-20)28-15-14-19-10-4-3-5-11-19/h3-13,16H,14-15H2,1-2H3,(H2,25,26,27,29). The van der Waals surface area contributed by atoms with Crippen molar-refractivity contribution in [2.24, 2.45) is 0 Å². The number of anilines is 1. The van der Waals surface area contributed by atoms with Crippen LogP contribution in [0.2, 0.25) is 0 Å². The number of hydrogen-bond donors (Lipinski definition) is 2. The summed E-state index contributed by atoms with van der Waals surface area (Å²) < 4.78 is 5.80. The van der Waals surface area contributed by atoms with E-state index in [4.69, 9.17) is 17.0 Å². The highest BCUT2D eigenvalue weighted by Crippen LogP contribution is 2.19. The lowest BCUT2D eigenvalue weighted by Crippen LogP contribution is -2.34. The Morgan fingerprint density at radius 2 is 1.62 bits per heavy atom. The van der Waals surface area contributed by atoms with Gasteiger partial charge in [-0.1, -0.05) is 54.6 Å². The fourth-order valence-electron chi connectivity index (χ4n) is 2.99. The third-order valence-electron chi connectivity index (χ3n) is 4.55. The van der Waals surface area contributed by atoms with Crippen molar-refractivity contribution in [3.05, 3.63) is 95.1 Å². The summed E-state index contributed by atoms with van der Waals surface area (Å²) in [6.45, 7) is 4.54. The molecular weight excluding hydrogens is 380 g/mol. The number of ether oxygens (including phenoxy) is 1. The van der Waals surface area contributed by atoms with Crippen LogP contribution in [0.25, 0.3) is 0 Å². The van der Waals surface area contributed by atoms with Crippen LogP contribution in [0.1, 0.15) is 27.0 Å². The van der Waals surface area contributed by atoms with Crippen molar-refractivity contribution < 1.29 is 9.53 Å². The Kier molecular flexibility index (Phi) is 6.98. The van der Waals surface area contributed by atoms with Gasteiger partial charge in [-0.05, 0) is 61.0 Å². The molecule has 0 unspecified atom stereocenters. The number of carbonyl (C=O) groups excluding carboxylic acids is 1. The molecule has 3 rings (SSSR count). The number of benzene rings is 3. The number of para-hydroxylation sites is 1. The fourth-order valence-corrected chi connectivity index (χ4v) is 3.18. The van der Waals surface area contributed by atoms with Gasteiger partial charge in [0.1, 0.15) is 5.75 Å². The molecule has 0 spiro atoms. The molecule has 0 bridgehead atoms. The van der Waals surface area contributed by atoms with Gasteiger partial charge in [-0.15, -0.1) is 0 Å². The molecule has 0 saturated carbocycles. The predicted octanol–water partition coefficient (Wildman–Crippen LogP) is 5.05. The Hall–Kier alpha value is -3.18. The minimum atomic E-state index is -0.276. The third kappa shape index (κ3) is 5.90. The minimum absolute atomic E-state index is 0.266. The number of carbonyl (C=O) groups is 1. The number of amides is 1. The molecule has 5 heteroatoms.